The van der Waals surface area contributed by atoms with E-state index in [9.17, 15) is 15.0 Å². The fourth-order valence-corrected chi connectivity index (χ4v) is 4.24. The number of aromatic carboxylic acids is 1. The van der Waals surface area contributed by atoms with E-state index in [4.69, 9.17) is 16.3 Å². The van der Waals surface area contributed by atoms with Crippen molar-refractivity contribution in [2.24, 2.45) is 5.41 Å². The number of carboxylic acids is 1. The molecule has 5 heteroatoms. The summed E-state index contributed by atoms with van der Waals surface area (Å²) in [5.41, 5.74) is 2.69. The van der Waals surface area contributed by atoms with Gasteiger partial charge in [0.2, 0.25) is 0 Å². The highest BCUT2D eigenvalue weighted by atomic mass is 35.5. The first kappa shape index (κ1) is 25.2. The number of hydrogen-bond acceptors (Lipinski definition) is 3. The van der Waals surface area contributed by atoms with Gasteiger partial charge in [-0.1, -0.05) is 70.8 Å². The van der Waals surface area contributed by atoms with Crippen molar-refractivity contribution in [1.29, 1.82) is 0 Å². The predicted octanol–water partition coefficient (Wildman–Crippen LogP) is 6.63. The largest absolute Gasteiger partial charge is 0.489 e. The Morgan fingerprint density at radius 1 is 1.10 bits per heavy atom. The van der Waals surface area contributed by atoms with Crippen LogP contribution in [0.15, 0.2) is 36.4 Å². The number of carboxylic acid groups (broad SMARTS) is 1. The van der Waals surface area contributed by atoms with Gasteiger partial charge < -0.3 is 14.9 Å². The van der Waals surface area contributed by atoms with Gasteiger partial charge in [0.1, 0.15) is 12.4 Å². The fourth-order valence-electron chi connectivity index (χ4n) is 4.00. The number of carbonyl (C=O) groups is 1. The van der Waals surface area contributed by atoms with Crippen molar-refractivity contribution in [2.45, 2.75) is 72.3 Å². The number of halogens is 1. The predicted molar refractivity (Wildman–Crippen MR) is 127 cm³/mol. The molecule has 0 bridgehead atoms. The Bertz CT molecular complexity index is 916. The second-order valence-corrected chi connectivity index (χ2v) is 9.77. The molecule has 2 rings (SSSR count). The number of benzene rings is 2. The molecular formula is C26H35ClO4. The van der Waals surface area contributed by atoms with Gasteiger partial charge in [-0.3, -0.25) is 0 Å². The topological polar surface area (TPSA) is 66.8 Å². The summed E-state index contributed by atoms with van der Waals surface area (Å²) in [7, 11) is 0. The van der Waals surface area contributed by atoms with Crippen LogP contribution in [-0.2, 0) is 5.41 Å². The van der Waals surface area contributed by atoms with Crippen LogP contribution < -0.4 is 4.74 Å². The highest BCUT2D eigenvalue weighted by Gasteiger charge is 2.33. The minimum absolute atomic E-state index is 0.173. The number of hydrogen-bond donors (Lipinski definition) is 2. The van der Waals surface area contributed by atoms with Gasteiger partial charge in [0.25, 0.3) is 0 Å². The third-order valence-corrected chi connectivity index (χ3v) is 6.47. The van der Waals surface area contributed by atoms with E-state index in [1.54, 1.807) is 6.07 Å². The minimum atomic E-state index is -0.913. The maximum atomic E-state index is 11.5. The lowest BCUT2D eigenvalue weighted by molar-refractivity contribution is 0.0218. The summed E-state index contributed by atoms with van der Waals surface area (Å²) < 4.78 is 5.81. The van der Waals surface area contributed by atoms with Crippen LogP contribution in [0.25, 0.3) is 0 Å². The van der Waals surface area contributed by atoms with Crippen molar-refractivity contribution in [1.82, 2.24) is 0 Å². The summed E-state index contributed by atoms with van der Waals surface area (Å²) in [6.07, 6.45) is 2.13. The molecule has 4 nitrogen and oxygen atoms in total. The number of ether oxygens (including phenoxy) is 1. The van der Waals surface area contributed by atoms with Gasteiger partial charge in [-0.2, -0.15) is 0 Å². The molecule has 2 aromatic carbocycles. The molecule has 0 aliphatic heterocycles. The molecule has 2 aromatic rings. The summed E-state index contributed by atoms with van der Waals surface area (Å²) >= 11 is 6.59. The lowest BCUT2D eigenvalue weighted by Gasteiger charge is -2.35. The molecule has 0 spiro atoms. The van der Waals surface area contributed by atoms with Crippen LogP contribution in [0.1, 0.15) is 80.9 Å². The first-order valence-electron chi connectivity index (χ1n) is 10.9. The van der Waals surface area contributed by atoms with Crippen LogP contribution in [0.3, 0.4) is 0 Å². The van der Waals surface area contributed by atoms with Crippen molar-refractivity contribution < 1.29 is 19.7 Å². The lowest BCUT2D eigenvalue weighted by atomic mass is 9.69. The molecule has 0 heterocycles. The average molecular weight is 447 g/mol. The molecule has 0 saturated heterocycles. The van der Waals surface area contributed by atoms with Gasteiger partial charge >= 0.3 is 5.97 Å². The zero-order chi connectivity index (χ0) is 23.4. The van der Waals surface area contributed by atoms with Crippen LogP contribution >= 0.6 is 11.6 Å². The van der Waals surface area contributed by atoms with Gasteiger partial charge in [0.05, 0.1) is 16.7 Å². The molecule has 0 fully saturated rings. The van der Waals surface area contributed by atoms with E-state index in [1.165, 1.54) is 0 Å². The maximum Gasteiger partial charge on any atom is 0.335 e. The van der Waals surface area contributed by atoms with Crippen LogP contribution in [-0.4, -0.2) is 28.9 Å². The van der Waals surface area contributed by atoms with E-state index in [0.29, 0.717) is 16.3 Å². The highest BCUT2D eigenvalue weighted by molar-refractivity contribution is 6.32. The maximum absolute atomic E-state index is 11.5. The van der Waals surface area contributed by atoms with Gasteiger partial charge in [-0.25, -0.2) is 4.79 Å². The molecule has 2 unspecified atom stereocenters. The number of aryl methyl sites for hydroxylation is 1. The van der Waals surface area contributed by atoms with Crippen molar-refractivity contribution in [3.63, 3.8) is 0 Å². The molecule has 0 aliphatic rings. The van der Waals surface area contributed by atoms with Gasteiger partial charge in [0.15, 0.2) is 0 Å². The lowest BCUT2D eigenvalue weighted by Crippen LogP contribution is -2.32. The fraction of sp³-hybridized carbons (Fsp3) is 0.500. The molecule has 0 saturated carbocycles. The second kappa shape index (κ2) is 10.1. The van der Waals surface area contributed by atoms with Gasteiger partial charge in [-0.15, -0.1) is 0 Å². The average Bonchev–Trinajstić information content (AvgIpc) is 2.69. The Hall–Kier alpha value is -2.04. The highest BCUT2D eigenvalue weighted by Crippen LogP contribution is 2.43. The van der Waals surface area contributed by atoms with Crippen molar-refractivity contribution >= 4 is 17.6 Å². The van der Waals surface area contributed by atoms with Crippen molar-refractivity contribution in [3.8, 4) is 5.75 Å². The van der Waals surface area contributed by atoms with Gasteiger partial charge in [0, 0.05) is 5.41 Å². The summed E-state index contributed by atoms with van der Waals surface area (Å²) in [6, 6.07) is 11.4. The Morgan fingerprint density at radius 2 is 1.71 bits per heavy atom. The summed E-state index contributed by atoms with van der Waals surface area (Å²) in [5, 5.41) is 20.2. The smallest absolute Gasteiger partial charge is 0.335 e. The molecule has 2 N–H and O–H groups in total. The van der Waals surface area contributed by atoms with Crippen molar-refractivity contribution in [2.75, 3.05) is 6.61 Å². The molecule has 170 valence electrons. The zero-order valence-corrected chi connectivity index (χ0v) is 20.2. The van der Waals surface area contributed by atoms with Crippen LogP contribution in [0, 0.1) is 12.3 Å². The van der Waals surface area contributed by atoms with Crippen LogP contribution in [0.2, 0.25) is 5.02 Å². The zero-order valence-electron chi connectivity index (χ0n) is 19.5. The van der Waals surface area contributed by atoms with E-state index >= 15 is 0 Å². The number of rotatable bonds is 9. The standard InChI is InChI=1S/C26H35ClO4/c1-7-13-26(8-2,18-9-11-20(24(29)30)17(3)14-18)19-10-12-22(21(27)15-19)31-16-23(28)25(4,5)6/h9-12,14-15,23,28H,7-8,13,16H2,1-6H3,(H,29,30). The minimum Gasteiger partial charge on any atom is -0.489 e. The number of aliphatic hydroxyl groups is 1. The van der Waals surface area contributed by atoms with E-state index in [1.807, 2.05) is 58.0 Å². The first-order chi connectivity index (χ1) is 14.5. The molecule has 0 aromatic heterocycles. The third-order valence-electron chi connectivity index (χ3n) is 6.17. The molecule has 2 atom stereocenters. The quantitative estimate of drug-likeness (QED) is 0.453. The Kier molecular flexibility index (Phi) is 8.18. The number of aliphatic hydroxyl groups excluding tert-OH is 1. The van der Waals surface area contributed by atoms with E-state index in [2.05, 4.69) is 13.8 Å². The first-order valence-corrected chi connectivity index (χ1v) is 11.3. The Morgan fingerprint density at radius 3 is 2.19 bits per heavy atom. The summed E-state index contributed by atoms with van der Waals surface area (Å²) in [5.74, 6) is -0.365. The van der Waals surface area contributed by atoms with Crippen LogP contribution in [0.4, 0.5) is 0 Å². The van der Waals surface area contributed by atoms with Crippen molar-refractivity contribution in [3.05, 3.63) is 63.7 Å². The second-order valence-electron chi connectivity index (χ2n) is 9.36. The molecular weight excluding hydrogens is 412 g/mol. The Labute approximate surface area is 191 Å². The summed E-state index contributed by atoms with van der Waals surface area (Å²) in [6.45, 7) is 12.2. The van der Waals surface area contributed by atoms with E-state index in [-0.39, 0.29) is 17.4 Å². The van der Waals surface area contributed by atoms with E-state index < -0.39 is 12.1 Å². The summed E-state index contributed by atoms with van der Waals surface area (Å²) in [4.78, 5) is 11.5. The molecule has 0 aliphatic carbocycles. The molecule has 0 amide bonds. The normalized spacial score (nSPS) is 14.7. The molecule has 31 heavy (non-hydrogen) atoms. The van der Waals surface area contributed by atoms with Crippen LogP contribution in [0.5, 0.6) is 5.75 Å². The van der Waals surface area contributed by atoms with Gasteiger partial charge in [-0.05, 0) is 60.1 Å². The SMILES string of the molecule is CCCC(CC)(c1ccc(C(=O)O)c(C)c1)c1ccc(OCC(O)C(C)(C)C)c(Cl)c1. The Balaban J connectivity index is 2.44. The monoisotopic (exact) mass is 446 g/mol. The van der Waals surface area contributed by atoms with E-state index in [0.717, 1.165) is 36.0 Å². The molecule has 0 radical (unpaired) electrons. The third kappa shape index (κ3) is 5.61.